The molecule has 1 atom stereocenters. The average molecular weight is 204 g/mol. The number of ether oxygens (including phenoxy) is 1. The van der Waals surface area contributed by atoms with E-state index in [9.17, 15) is 9.59 Å². The molecule has 0 saturated heterocycles. The molecule has 3 heteroatoms. The first-order chi connectivity index (χ1) is 7.08. The van der Waals surface area contributed by atoms with Gasteiger partial charge in [0.15, 0.2) is 11.9 Å². The highest BCUT2D eigenvalue weighted by molar-refractivity contribution is 5.95. The van der Waals surface area contributed by atoms with Crippen molar-refractivity contribution < 1.29 is 14.3 Å². The van der Waals surface area contributed by atoms with Crippen LogP contribution in [0.5, 0.6) is 0 Å². The largest absolute Gasteiger partial charge is 0.450 e. The van der Waals surface area contributed by atoms with Gasteiger partial charge in [0.1, 0.15) is 0 Å². The van der Waals surface area contributed by atoms with Crippen molar-refractivity contribution in [3.63, 3.8) is 0 Å². The van der Waals surface area contributed by atoms with Crippen molar-refractivity contribution in [2.24, 2.45) is 0 Å². The summed E-state index contributed by atoms with van der Waals surface area (Å²) in [6.07, 6.45) is -0.107. The van der Waals surface area contributed by atoms with Crippen LogP contribution in [-0.2, 0) is 16.0 Å². The molecule has 0 aliphatic carbocycles. The molecule has 1 unspecified atom stereocenters. The molecule has 0 fully saturated rings. The fourth-order valence-electron chi connectivity index (χ4n) is 1.72. The highest BCUT2D eigenvalue weighted by Gasteiger charge is 2.28. The number of cyclic esters (lactones) is 1. The normalized spacial score (nSPS) is 19.3. The summed E-state index contributed by atoms with van der Waals surface area (Å²) >= 11 is 0. The second-order valence-corrected chi connectivity index (χ2v) is 3.87. The third-order valence-corrected chi connectivity index (χ3v) is 2.59. The van der Waals surface area contributed by atoms with Gasteiger partial charge in [-0.1, -0.05) is 17.7 Å². The van der Waals surface area contributed by atoms with Crippen molar-refractivity contribution >= 4 is 11.8 Å². The van der Waals surface area contributed by atoms with Crippen molar-refractivity contribution in [3.05, 3.63) is 34.9 Å². The number of hydrogen-bond donors (Lipinski definition) is 0. The number of Topliss-reactive ketones (excluding diaryl/α,β-unsaturated/α-hetero) is 1. The van der Waals surface area contributed by atoms with Gasteiger partial charge in [0.2, 0.25) is 0 Å². The third-order valence-electron chi connectivity index (χ3n) is 2.59. The summed E-state index contributed by atoms with van der Waals surface area (Å²) in [7, 11) is 0. The summed E-state index contributed by atoms with van der Waals surface area (Å²) in [5.74, 6) is -0.491. The molecule has 15 heavy (non-hydrogen) atoms. The van der Waals surface area contributed by atoms with E-state index in [1.165, 1.54) is 6.92 Å². The van der Waals surface area contributed by atoms with E-state index in [0.29, 0.717) is 12.0 Å². The summed E-state index contributed by atoms with van der Waals surface area (Å²) in [6, 6.07) is 5.63. The Morgan fingerprint density at radius 3 is 2.87 bits per heavy atom. The van der Waals surface area contributed by atoms with Gasteiger partial charge < -0.3 is 4.74 Å². The fraction of sp³-hybridized carbons (Fsp3) is 0.333. The van der Waals surface area contributed by atoms with Gasteiger partial charge in [-0.25, -0.2) is 4.79 Å². The Bertz CT molecular complexity index is 434. The number of fused-ring (bicyclic) bond motifs is 1. The molecule has 1 aromatic rings. The number of esters is 1. The van der Waals surface area contributed by atoms with Gasteiger partial charge in [-0.2, -0.15) is 0 Å². The maximum Gasteiger partial charge on any atom is 0.339 e. The zero-order valence-corrected chi connectivity index (χ0v) is 8.74. The van der Waals surface area contributed by atoms with Gasteiger partial charge in [-0.3, -0.25) is 4.79 Å². The highest BCUT2D eigenvalue weighted by atomic mass is 16.5. The number of carbonyl (C=O) groups is 2. The van der Waals surface area contributed by atoms with E-state index in [2.05, 4.69) is 0 Å². The summed E-state index contributed by atoms with van der Waals surface area (Å²) in [4.78, 5) is 22.7. The number of benzene rings is 1. The maximum absolute atomic E-state index is 11.6. The van der Waals surface area contributed by atoms with Gasteiger partial charge in [0.05, 0.1) is 5.56 Å². The van der Waals surface area contributed by atoms with Crippen LogP contribution in [0, 0.1) is 6.92 Å². The minimum Gasteiger partial charge on any atom is -0.450 e. The van der Waals surface area contributed by atoms with Crippen LogP contribution >= 0.6 is 0 Å². The van der Waals surface area contributed by atoms with E-state index in [-0.39, 0.29) is 11.8 Å². The molecular weight excluding hydrogens is 192 g/mol. The van der Waals surface area contributed by atoms with E-state index < -0.39 is 6.10 Å². The third kappa shape index (κ3) is 1.77. The molecule has 0 spiro atoms. The number of hydrogen-bond acceptors (Lipinski definition) is 3. The van der Waals surface area contributed by atoms with Crippen molar-refractivity contribution in [2.45, 2.75) is 26.4 Å². The lowest BCUT2D eigenvalue weighted by atomic mass is 9.95. The van der Waals surface area contributed by atoms with Crippen molar-refractivity contribution in [2.75, 3.05) is 0 Å². The molecule has 0 bridgehead atoms. The van der Waals surface area contributed by atoms with Gasteiger partial charge in [0.25, 0.3) is 0 Å². The minimum absolute atomic E-state index is 0.102. The summed E-state index contributed by atoms with van der Waals surface area (Å²) in [5.41, 5.74) is 2.51. The zero-order valence-electron chi connectivity index (χ0n) is 8.74. The fourth-order valence-corrected chi connectivity index (χ4v) is 1.72. The first-order valence-electron chi connectivity index (χ1n) is 4.89. The van der Waals surface area contributed by atoms with Crippen LogP contribution in [-0.4, -0.2) is 17.9 Å². The van der Waals surface area contributed by atoms with Crippen LogP contribution in [0.15, 0.2) is 18.2 Å². The second-order valence-electron chi connectivity index (χ2n) is 3.87. The van der Waals surface area contributed by atoms with E-state index in [4.69, 9.17) is 4.74 Å². The lowest BCUT2D eigenvalue weighted by Crippen LogP contribution is -2.32. The summed E-state index contributed by atoms with van der Waals surface area (Å²) in [5, 5.41) is 0. The second kappa shape index (κ2) is 3.50. The summed E-state index contributed by atoms with van der Waals surface area (Å²) in [6.45, 7) is 3.36. The SMILES string of the molecule is CC(=O)C1Cc2ccc(C)cc2C(=O)O1. The molecule has 0 N–H and O–H groups in total. The molecule has 78 valence electrons. The Hall–Kier alpha value is -1.64. The Kier molecular flexibility index (Phi) is 2.31. The highest BCUT2D eigenvalue weighted by Crippen LogP contribution is 2.22. The molecule has 3 nitrogen and oxygen atoms in total. The molecule has 0 radical (unpaired) electrons. The lowest BCUT2D eigenvalue weighted by molar-refractivity contribution is -0.125. The molecular formula is C12H12O3. The number of carbonyl (C=O) groups excluding carboxylic acids is 2. The molecule has 0 aromatic heterocycles. The lowest BCUT2D eigenvalue weighted by Gasteiger charge is -2.22. The number of aryl methyl sites for hydroxylation is 1. The number of ketones is 1. The smallest absolute Gasteiger partial charge is 0.339 e. The molecule has 1 aliphatic heterocycles. The van der Waals surface area contributed by atoms with E-state index in [1.54, 1.807) is 6.07 Å². The van der Waals surface area contributed by atoms with Crippen LogP contribution in [0.2, 0.25) is 0 Å². The van der Waals surface area contributed by atoms with Crippen molar-refractivity contribution in [1.29, 1.82) is 0 Å². The Morgan fingerprint density at radius 2 is 2.20 bits per heavy atom. The molecule has 0 saturated carbocycles. The molecule has 0 amide bonds. The Morgan fingerprint density at radius 1 is 1.47 bits per heavy atom. The Balaban J connectivity index is 2.41. The van der Waals surface area contributed by atoms with E-state index in [0.717, 1.165) is 11.1 Å². The predicted molar refractivity (Wildman–Crippen MR) is 54.8 cm³/mol. The molecule has 2 rings (SSSR count). The molecule has 1 aromatic carbocycles. The quantitative estimate of drug-likeness (QED) is 0.653. The van der Waals surface area contributed by atoms with Gasteiger partial charge in [-0.15, -0.1) is 0 Å². The van der Waals surface area contributed by atoms with Gasteiger partial charge in [0, 0.05) is 6.42 Å². The van der Waals surface area contributed by atoms with Crippen molar-refractivity contribution in [3.8, 4) is 0 Å². The minimum atomic E-state index is -0.604. The van der Waals surface area contributed by atoms with Gasteiger partial charge in [-0.05, 0) is 25.5 Å². The molecule has 1 aliphatic rings. The van der Waals surface area contributed by atoms with Crippen LogP contribution < -0.4 is 0 Å². The number of rotatable bonds is 1. The first-order valence-corrected chi connectivity index (χ1v) is 4.89. The topological polar surface area (TPSA) is 43.4 Å². The van der Waals surface area contributed by atoms with E-state index >= 15 is 0 Å². The van der Waals surface area contributed by atoms with Crippen LogP contribution in [0.1, 0.15) is 28.4 Å². The predicted octanol–water partition coefficient (Wildman–Crippen LogP) is 1.67. The van der Waals surface area contributed by atoms with Gasteiger partial charge >= 0.3 is 5.97 Å². The van der Waals surface area contributed by atoms with Crippen LogP contribution in [0.3, 0.4) is 0 Å². The summed E-state index contributed by atoms with van der Waals surface area (Å²) < 4.78 is 5.04. The molecule has 1 heterocycles. The van der Waals surface area contributed by atoms with Crippen molar-refractivity contribution in [1.82, 2.24) is 0 Å². The van der Waals surface area contributed by atoms with Crippen LogP contribution in [0.25, 0.3) is 0 Å². The Labute approximate surface area is 88.1 Å². The van der Waals surface area contributed by atoms with Crippen LogP contribution in [0.4, 0.5) is 0 Å². The maximum atomic E-state index is 11.6. The van der Waals surface area contributed by atoms with E-state index in [1.807, 2.05) is 19.1 Å². The average Bonchev–Trinajstić information content (AvgIpc) is 2.18. The monoisotopic (exact) mass is 204 g/mol. The zero-order chi connectivity index (χ0) is 11.0. The standard InChI is InChI=1S/C12H12O3/c1-7-3-4-9-6-11(8(2)13)15-12(14)10(9)5-7/h3-5,11H,6H2,1-2H3. The first kappa shape index (κ1) is 9.90.